The van der Waals surface area contributed by atoms with E-state index in [-0.39, 0.29) is 0 Å². The van der Waals surface area contributed by atoms with Crippen LogP contribution in [0, 0.1) is 0 Å². The number of aliphatic hydroxyl groups excluding tert-OH is 1. The molecule has 15 heavy (non-hydrogen) atoms. The first kappa shape index (κ1) is 10.7. The maximum absolute atomic E-state index is 9.92. The van der Waals surface area contributed by atoms with Crippen molar-refractivity contribution in [1.29, 1.82) is 0 Å². The fraction of sp³-hybridized carbons (Fsp3) is 0.667. The Morgan fingerprint density at radius 3 is 3.20 bits per heavy atom. The Morgan fingerprint density at radius 2 is 2.40 bits per heavy atom. The molecule has 2 rings (SSSR count). The van der Waals surface area contributed by atoms with Crippen LogP contribution in [0.4, 0.5) is 0 Å². The molecule has 1 saturated heterocycles. The molecule has 2 atom stereocenters. The van der Waals surface area contributed by atoms with Crippen molar-refractivity contribution in [3.8, 4) is 0 Å². The predicted molar refractivity (Wildman–Crippen MR) is 58.5 cm³/mol. The van der Waals surface area contributed by atoms with Crippen LogP contribution in [0.25, 0.3) is 0 Å². The Labute approximate surface area is 90.5 Å². The fourth-order valence-corrected chi connectivity index (χ4v) is 2.17. The molecule has 2 N–H and O–H groups in total. The second-order valence-electron chi connectivity index (χ2n) is 4.27. The van der Waals surface area contributed by atoms with E-state index in [9.17, 15) is 5.11 Å². The van der Waals surface area contributed by atoms with E-state index in [2.05, 4.69) is 5.32 Å². The molecule has 2 heterocycles. The summed E-state index contributed by atoms with van der Waals surface area (Å²) in [6, 6.07) is 4.09. The molecule has 0 spiro atoms. The van der Waals surface area contributed by atoms with E-state index in [1.165, 1.54) is 19.3 Å². The number of furan rings is 1. The summed E-state index contributed by atoms with van der Waals surface area (Å²) >= 11 is 0. The van der Waals surface area contributed by atoms with E-state index in [4.69, 9.17) is 4.42 Å². The second kappa shape index (κ2) is 5.33. The average molecular weight is 209 g/mol. The van der Waals surface area contributed by atoms with Gasteiger partial charge in [0.1, 0.15) is 11.9 Å². The predicted octanol–water partition coefficient (Wildman–Crippen LogP) is 2.24. The minimum absolute atomic E-state index is 0.438. The van der Waals surface area contributed by atoms with Gasteiger partial charge in [-0.2, -0.15) is 0 Å². The van der Waals surface area contributed by atoms with Crippen LogP contribution in [0.5, 0.6) is 0 Å². The third-order valence-corrected chi connectivity index (χ3v) is 3.04. The smallest absolute Gasteiger partial charge is 0.132 e. The minimum Gasteiger partial charge on any atom is -0.467 e. The molecule has 0 aromatic carbocycles. The molecule has 0 unspecified atom stereocenters. The highest BCUT2D eigenvalue weighted by molar-refractivity contribution is 5.02. The highest BCUT2D eigenvalue weighted by Gasteiger charge is 2.18. The van der Waals surface area contributed by atoms with E-state index in [0.717, 1.165) is 19.4 Å². The Balaban J connectivity index is 1.84. The summed E-state index contributed by atoms with van der Waals surface area (Å²) < 4.78 is 5.19. The van der Waals surface area contributed by atoms with Crippen LogP contribution in [0.3, 0.4) is 0 Å². The second-order valence-corrected chi connectivity index (χ2v) is 4.27. The van der Waals surface area contributed by atoms with Crippen molar-refractivity contribution >= 4 is 0 Å². The topological polar surface area (TPSA) is 45.4 Å². The Morgan fingerprint density at radius 1 is 1.47 bits per heavy atom. The van der Waals surface area contributed by atoms with E-state index < -0.39 is 6.10 Å². The summed E-state index contributed by atoms with van der Waals surface area (Å²) in [5.74, 6) is 0.682. The largest absolute Gasteiger partial charge is 0.467 e. The van der Waals surface area contributed by atoms with Gasteiger partial charge in [0.2, 0.25) is 0 Å². The lowest BCUT2D eigenvalue weighted by molar-refractivity contribution is 0.125. The molecular formula is C12H19NO2. The highest BCUT2D eigenvalue weighted by Crippen LogP contribution is 2.22. The highest BCUT2D eigenvalue weighted by atomic mass is 16.4. The van der Waals surface area contributed by atoms with Gasteiger partial charge in [0, 0.05) is 6.04 Å². The van der Waals surface area contributed by atoms with Crippen molar-refractivity contribution in [1.82, 2.24) is 5.32 Å². The molecule has 0 bridgehead atoms. The molecule has 1 aliphatic rings. The lowest BCUT2D eigenvalue weighted by Gasteiger charge is -2.18. The van der Waals surface area contributed by atoms with E-state index in [1.807, 2.05) is 12.1 Å². The monoisotopic (exact) mass is 209 g/mol. The van der Waals surface area contributed by atoms with Gasteiger partial charge >= 0.3 is 0 Å². The lowest BCUT2D eigenvalue weighted by atomic mass is 10.0. The zero-order chi connectivity index (χ0) is 10.5. The van der Waals surface area contributed by atoms with Crippen LogP contribution >= 0.6 is 0 Å². The maximum atomic E-state index is 9.92. The number of hydrogen-bond donors (Lipinski definition) is 2. The molecular weight excluding hydrogens is 190 g/mol. The van der Waals surface area contributed by atoms with Crippen molar-refractivity contribution in [2.45, 2.75) is 44.2 Å². The van der Waals surface area contributed by atoms with Crippen molar-refractivity contribution in [2.24, 2.45) is 0 Å². The van der Waals surface area contributed by atoms with Crippen molar-refractivity contribution in [2.75, 3.05) is 6.54 Å². The zero-order valence-electron chi connectivity index (χ0n) is 8.98. The van der Waals surface area contributed by atoms with Crippen molar-refractivity contribution in [3.63, 3.8) is 0 Å². The summed E-state index contributed by atoms with van der Waals surface area (Å²) in [6.07, 6.45) is 6.90. The molecule has 3 nitrogen and oxygen atoms in total. The van der Waals surface area contributed by atoms with Gasteiger partial charge in [-0.25, -0.2) is 0 Å². The van der Waals surface area contributed by atoms with Gasteiger partial charge in [0.05, 0.1) is 6.26 Å². The minimum atomic E-state index is -0.462. The molecule has 0 aliphatic carbocycles. The number of hydrogen-bond acceptors (Lipinski definition) is 3. The van der Waals surface area contributed by atoms with Crippen molar-refractivity contribution < 1.29 is 9.52 Å². The van der Waals surface area contributed by atoms with E-state index in [1.54, 1.807) is 6.26 Å². The van der Waals surface area contributed by atoms with Crippen LogP contribution in [-0.4, -0.2) is 17.7 Å². The quantitative estimate of drug-likeness (QED) is 0.802. The SMILES string of the molecule is O[C@H](C[C@H]1CCCCCN1)c1ccco1. The van der Waals surface area contributed by atoms with Gasteiger partial charge < -0.3 is 14.8 Å². The molecule has 0 amide bonds. The Bertz CT molecular complexity index is 263. The first-order chi connectivity index (χ1) is 7.36. The molecule has 0 saturated carbocycles. The first-order valence-corrected chi connectivity index (χ1v) is 5.81. The van der Waals surface area contributed by atoms with Gasteiger partial charge in [0.15, 0.2) is 0 Å². The van der Waals surface area contributed by atoms with Crippen LogP contribution in [0.1, 0.15) is 44.0 Å². The average Bonchev–Trinajstić information content (AvgIpc) is 2.65. The Hall–Kier alpha value is -0.800. The summed E-state index contributed by atoms with van der Waals surface area (Å²) in [6.45, 7) is 1.08. The van der Waals surface area contributed by atoms with Gasteiger partial charge in [-0.1, -0.05) is 12.8 Å². The summed E-state index contributed by atoms with van der Waals surface area (Å²) in [4.78, 5) is 0. The third kappa shape index (κ3) is 3.08. The van der Waals surface area contributed by atoms with E-state index >= 15 is 0 Å². The zero-order valence-corrected chi connectivity index (χ0v) is 8.98. The molecule has 3 heteroatoms. The maximum Gasteiger partial charge on any atom is 0.132 e. The van der Waals surface area contributed by atoms with E-state index in [0.29, 0.717) is 11.8 Å². The summed E-state index contributed by atoms with van der Waals surface area (Å²) in [7, 11) is 0. The molecule has 1 fully saturated rings. The molecule has 0 radical (unpaired) electrons. The first-order valence-electron chi connectivity index (χ1n) is 5.81. The molecule has 84 valence electrons. The standard InChI is InChI=1S/C12H19NO2/c14-11(12-6-4-8-15-12)9-10-5-2-1-3-7-13-10/h4,6,8,10-11,13-14H,1-3,5,7,9H2/t10-,11-/m1/s1. The van der Waals surface area contributed by atoms with Gasteiger partial charge in [-0.05, 0) is 37.9 Å². The van der Waals surface area contributed by atoms with Crippen LogP contribution in [-0.2, 0) is 0 Å². The molecule has 1 aromatic heterocycles. The summed E-state index contributed by atoms with van der Waals surface area (Å²) in [5.41, 5.74) is 0. The van der Waals surface area contributed by atoms with Crippen LogP contribution < -0.4 is 5.32 Å². The van der Waals surface area contributed by atoms with Crippen LogP contribution in [0.2, 0.25) is 0 Å². The summed E-state index contributed by atoms with van der Waals surface area (Å²) in [5, 5.41) is 13.4. The number of aliphatic hydroxyl groups is 1. The number of rotatable bonds is 3. The molecule has 1 aliphatic heterocycles. The van der Waals surface area contributed by atoms with Crippen LogP contribution in [0.15, 0.2) is 22.8 Å². The van der Waals surface area contributed by atoms with Gasteiger partial charge in [-0.15, -0.1) is 0 Å². The van der Waals surface area contributed by atoms with Gasteiger partial charge in [0.25, 0.3) is 0 Å². The lowest BCUT2D eigenvalue weighted by Crippen LogP contribution is -2.29. The molecule has 1 aromatic rings. The normalized spacial score (nSPS) is 24.7. The van der Waals surface area contributed by atoms with Gasteiger partial charge in [-0.3, -0.25) is 0 Å². The van der Waals surface area contributed by atoms with Crippen molar-refractivity contribution in [3.05, 3.63) is 24.2 Å². The fourth-order valence-electron chi connectivity index (χ4n) is 2.17. The number of nitrogens with one attached hydrogen (secondary N) is 1. The Kier molecular flexibility index (Phi) is 3.80. The third-order valence-electron chi connectivity index (χ3n) is 3.04.